The van der Waals surface area contributed by atoms with Crippen molar-refractivity contribution >= 4 is 5.97 Å². The standard InChI is InChI=1S/C53H104O2/c1-4-6-7-8-9-10-11-31-35-38-41-44-47-50-53(54)55-51-48-45-42-39-36-33-30-28-26-24-22-20-18-16-14-12-13-15-17-19-21-23-25-27-29-32-34-37-40-43-46-49-52(3)5-2/h10-11,52H,4-9,12-51H2,1-3H3/b11-10-. The molecule has 0 aromatic carbocycles. The van der Waals surface area contributed by atoms with Crippen molar-refractivity contribution in [3.05, 3.63) is 12.2 Å². The Morgan fingerprint density at radius 2 is 0.673 bits per heavy atom. The van der Waals surface area contributed by atoms with Gasteiger partial charge in [-0.25, -0.2) is 0 Å². The minimum Gasteiger partial charge on any atom is -0.466 e. The van der Waals surface area contributed by atoms with Gasteiger partial charge in [-0.05, 0) is 44.4 Å². The molecule has 55 heavy (non-hydrogen) atoms. The Hall–Kier alpha value is -0.790. The van der Waals surface area contributed by atoms with Crippen LogP contribution in [-0.4, -0.2) is 12.6 Å². The second-order valence-electron chi connectivity index (χ2n) is 18.1. The molecule has 0 aliphatic rings. The van der Waals surface area contributed by atoms with E-state index >= 15 is 0 Å². The van der Waals surface area contributed by atoms with Gasteiger partial charge in [-0.1, -0.05) is 277 Å². The Labute approximate surface area is 348 Å². The predicted octanol–water partition coefficient (Wildman–Crippen LogP) is 19.3. The summed E-state index contributed by atoms with van der Waals surface area (Å²) in [5, 5.41) is 0. The van der Waals surface area contributed by atoms with Crippen LogP contribution in [0.5, 0.6) is 0 Å². The van der Waals surface area contributed by atoms with Crippen LogP contribution < -0.4 is 0 Å². The number of unbranched alkanes of at least 4 members (excludes halogenated alkanes) is 39. The fraction of sp³-hybridized carbons (Fsp3) is 0.943. The highest BCUT2D eigenvalue weighted by molar-refractivity contribution is 5.69. The first-order chi connectivity index (χ1) is 27.2. The van der Waals surface area contributed by atoms with Gasteiger partial charge in [0.25, 0.3) is 0 Å². The Bertz CT molecular complexity index is 728. The lowest BCUT2D eigenvalue weighted by Crippen LogP contribution is -2.05. The molecule has 2 nitrogen and oxygen atoms in total. The molecule has 328 valence electrons. The summed E-state index contributed by atoms with van der Waals surface area (Å²) >= 11 is 0. The van der Waals surface area contributed by atoms with E-state index in [1.807, 2.05) is 0 Å². The van der Waals surface area contributed by atoms with Gasteiger partial charge in [0.15, 0.2) is 0 Å². The summed E-state index contributed by atoms with van der Waals surface area (Å²) in [7, 11) is 0. The van der Waals surface area contributed by atoms with Crippen molar-refractivity contribution in [1.82, 2.24) is 0 Å². The first kappa shape index (κ1) is 54.2. The number of hydrogen-bond acceptors (Lipinski definition) is 2. The molecular weight excluding hydrogens is 669 g/mol. The highest BCUT2D eigenvalue weighted by Crippen LogP contribution is 2.18. The Kier molecular flexibility index (Phi) is 48.6. The molecule has 0 saturated carbocycles. The molecule has 0 radical (unpaired) electrons. The van der Waals surface area contributed by atoms with E-state index < -0.39 is 0 Å². The minimum atomic E-state index is 0.0203. The van der Waals surface area contributed by atoms with Crippen LogP contribution in [-0.2, 0) is 9.53 Å². The summed E-state index contributed by atoms with van der Waals surface area (Å²) in [6, 6.07) is 0. The summed E-state index contributed by atoms with van der Waals surface area (Å²) in [5.74, 6) is 0.960. The van der Waals surface area contributed by atoms with Gasteiger partial charge in [0, 0.05) is 6.42 Å². The Morgan fingerprint density at radius 1 is 0.382 bits per heavy atom. The second kappa shape index (κ2) is 49.4. The molecule has 1 unspecified atom stereocenters. The molecule has 0 aliphatic carbocycles. The molecule has 0 fully saturated rings. The van der Waals surface area contributed by atoms with Crippen LogP contribution in [0.4, 0.5) is 0 Å². The van der Waals surface area contributed by atoms with Gasteiger partial charge in [-0.3, -0.25) is 4.79 Å². The minimum absolute atomic E-state index is 0.0203. The molecule has 0 N–H and O–H groups in total. The zero-order valence-electron chi connectivity index (χ0n) is 38.6. The maximum atomic E-state index is 12.0. The summed E-state index contributed by atoms with van der Waals surface area (Å²) in [5.41, 5.74) is 0. The van der Waals surface area contributed by atoms with Crippen molar-refractivity contribution in [2.75, 3.05) is 6.61 Å². The lowest BCUT2D eigenvalue weighted by molar-refractivity contribution is -0.143. The fourth-order valence-corrected chi connectivity index (χ4v) is 8.17. The average Bonchev–Trinajstić information content (AvgIpc) is 3.19. The maximum Gasteiger partial charge on any atom is 0.305 e. The molecule has 0 heterocycles. The third-order valence-corrected chi connectivity index (χ3v) is 12.4. The van der Waals surface area contributed by atoms with Crippen LogP contribution in [0.25, 0.3) is 0 Å². The molecule has 1 atom stereocenters. The first-order valence-electron chi connectivity index (χ1n) is 26.0. The average molecular weight is 773 g/mol. The molecule has 0 aliphatic heterocycles. The fourth-order valence-electron chi connectivity index (χ4n) is 8.17. The van der Waals surface area contributed by atoms with Crippen molar-refractivity contribution in [3.63, 3.8) is 0 Å². The summed E-state index contributed by atoms with van der Waals surface area (Å²) < 4.78 is 5.47. The number of rotatable bonds is 48. The van der Waals surface area contributed by atoms with Crippen molar-refractivity contribution in [1.29, 1.82) is 0 Å². The van der Waals surface area contributed by atoms with E-state index in [9.17, 15) is 4.79 Å². The highest BCUT2D eigenvalue weighted by Gasteiger charge is 2.03. The SMILES string of the molecule is CCCCCC/C=C\CCCCCCCC(=O)OCCCCCCCCCCCCCCCCCCCCCCCCCCCCCCCCCC(C)CC. The van der Waals surface area contributed by atoms with Gasteiger partial charge >= 0.3 is 5.97 Å². The number of allylic oxidation sites excluding steroid dienone is 2. The zero-order chi connectivity index (χ0) is 39.8. The first-order valence-corrected chi connectivity index (χ1v) is 26.0. The van der Waals surface area contributed by atoms with Gasteiger partial charge in [0.05, 0.1) is 6.61 Å². The zero-order valence-corrected chi connectivity index (χ0v) is 38.6. The van der Waals surface area contributed by atoms with Crippen molar-refractivity contribution < 1.29 is 9.53 Å². The van der Waals surface area contributed by atoms with Crippen LogP contribution in [0.2, 0.25) is 0 Å². The molecular formula is C53H104O2. The lowest BCUT2D eigenvalue weighted by atomic mass is 9.99. The predicted molar refractivity (Wildman–Crippen MR) is 248 cm³/mol. The number of ether oxygens (including phenoxy) is 1. The molecule has 0 aromatic rings. The molecule has 0 saturated heterocycles. The van der Waals surface area contributed by atoms with Crippen LogP contribution in [0.1, 0.15) is 310 Å². The van der Waals surface area contributed by atoms with E-state index in [-0.39, 0.29) is 5.97 Å². The van der Waals surface area contributed by atoms with Crippen molar-refractivity contribution in [3.8, 4) is 0 Å². The third kappa shape index (κ3) is 49.3. The van der Waals surface area contributed by atoms with Crippen LogP contribution in [0.15, 0.2) is 12.2 Å². The molecule has 0 rings (SSSR count). The van der Waals surface area contributed by atoms with Gasteiger partial charge in [0.1, 0.15) is 0 Å². The van der Waals surface area contributed by atoms with E-state index in [2.05, 4.69) is 32.9 Å². The van der Waals surface area contributed by atoms with Crippen LogP contribution in [0, 0.1) is 5.92 Å². The molecule has 0 amide bonds. The van der Waals surface area contributed by atoms with E-state index in [4.69, 9.17) is 4.74 Å². The quantitative estimate of drug-likeness (QED) is 0.0350. The van der Waals surface area contributed by atoms with Crippen molar-refractivity contribution in [2.45, 2.75) is 310 Å². The third-order valence-electron chi connectivity index (χ3n) is 12.4. The Morgan fingerprint density at radius 3 is 1.02 bits per heavy atom. The molecule has 2 heteroatoms. The lowest BCUT2D eigenvalue weighted by Gasteiger charge is -2.07. The topological polar surface area (TPSA) is 26.3 Å². The summed E-state index contributed by atoms with van der Waals surface area (Å²) in [4.78, 5) is 12.0. The van der Waals surface area contributed by atoms with Crippen LogP contribution >= 0.6 is 0 Å². The number of carbonyl (C=O) groups excluding carboxylic acids is 1. The molecule has 0 aromatic heterocycles. The normalized spacial score (nSPS) is 12.3. The Balaban J connectivity index is 3.14. The number of carbonyl (C=O) groups is 1. The summed E-state index contributed by atoms with van der Waals surface area (Å²) in [6.07, 6.45) is 66.4. The number of esters is 1. The largest absolute Gasteiger partial charge is 0.466 e. The van der Waals surface area contributed by atoms with E-state index in [1.54, 1.807) is 0 Å². The van der Waals surface area contributed by atoms with E-state index in [1.165, 1.54) is 263 Å². The van der Waals surface area contributed by atoms with Gasteiger partial charge in [-0.2, -0.15) is 0 Å². The van der Waals surface area contributed by atoms with Crippen LogP contribution in [0.3, 0.4) is 0 Å². The number of hydrogen-bond donors (Lipinski definition) is 0. The van der Waals surface area contributed by atoms with Gasteiger partial charge < -0.3 is 4.74 Å². The molecule has 0 spiro atoms. The van der Waals surface area contributed by atoms with E-state index in [0.717, 1.165) is 25.2 Å². The maximum absolute atomic E-state index is 12.0. The molecule has 0 bridgehead atoms. The monoisotopic (exact) mass is 773 g/mol. The van der Waals surface area contributed by atoms with Gasteiger partial charge in [-0.15, -0.1) is 0 Å². The van der Waals surface area contributed by atoms with Gasteiger partial charge in [0.2, 0.25) is 0 Å². The second-order valence-corrected chi connectivity index (χ2v) is 18.1. The summed E-state index contributed by atoms with van der Waals surface area (Å²) in [6.45, 7) is 7.63. The van der Waals surface area contributed by atoms with Crippen molar-refractivity contribution in [2.24, 2.45) is 5.92 Å². The van der Waals surface area contributed by atoms with E-state index in [0.29, 0.717) is 13.0 Å². The smallest absolute Gasteiger partial charge is 0.305 e. The highest BCUT2D eigenvalue weighted by atomic mass is 16.5.